The molecule has 1 atom stereocenters. The van der Waals surface area contributed by atoms with Gasteiger partial charge in [0, 0.05) is 0 Å². The van der Waals surface area contributed by atoms with E-state index in [4.69, 9.17) is 23.2 Å². The summed E-state index contributed by atoms with van der Waals surface area (Å²) in [5.41, 5.74) is 1.99. The molecule has 0 radical (unpaired) electrons. The molecule has 0 fully saturated rings. The molecule has 1 unspecified atom stereocenters. The third-order valence-corrected chi connectivity index (χ3v) is 4.00. The molecule has 0 saturated heterocycles. The lowest BCUT2D eigenvalue weighted by Gasteiger charge is -2.11. The molecule has 0 saturated carbocycles. The van der Waals surface area contributed by atoms with Crippen LogP contribution in [0.3, 0.4) is 0 Å². The fraction of sp³-hybridized carbons (Fsp3) is 0.250. The zero-order valence-electron chi connectivity index (χ0n) is 10.5. The maximum Gasteiger partial charge on any atom is 0.0790 e. The van der Waals surface area contributed by atoms with Crippen molar-refractivity contribution in [1.82, 2.24) is 0 Å². The van der Waals surface area contributed by atoms with Gasteiger partial charge in [0.25, 0.3) is 0 Å². The first-order valence-corrected chi connectivity index (χ1v) is 7.10. The van der Waals surface area contributed by atoms with Crippen LogP contribution in [0.1, 0.15) is 30.1 Å². The molecule has 2 aromatic carbocycles. The number of hydrogen-bond acceptors (Lipinski definition) is 1. The Kier molecular flexibility index (Phi) is 5.26. The Balaban J connectivity index is 1.88. The van der Waals surface area contributed by atoms with Crippen molar-refractivity contribution in [3.05, 3.63) is 69.7 Å². The number of halogens is 2. The Morgan fingerprint density at radius 3 is 2.42 bits per heavy atom. The molecule has 0 heterocycles. The van der Waals surface area contributed by atoms with Gasteiger partial charge >= 0.3 is 0 Å². The van der Waals surface area contributed by atoms with Crippen LogP contribution in [0.5, 0.6) is 0 Å². The summed E-state index contributed by atoms with van der Waals surface area (Å²) >= 11 is 12.1. The molecule has 0 aliphatic carbocycles. The average molecular weight is 295 g/mol. The van der Waals surface area contributed by atoms with E-state index in [9.17, 15) is 5.11 Å². The third-order valence-electron chi connectivity index (χ3n) is 3.14. The van der Waals surface area contributed by atoms with Gasteiger partial charge in [-0.25, -0.2) is 0 Å². The van der Waals surface area contributed by atoms with Crippen LogP contribution in [0.25, 0.3) is 0 Å². The van der Waals surface area contributed by atoms with Gasteiger partial charge in [0.1, 0.15) is 0 Å². The van der Waals surface area contributed by atoms with E-state index in [2.05, 4.69) is 0 Å². The highest BCUT2D eigenvalue weighted by Gasteiger charge is 2.08. The summed E-state index contributed by atoms with van der Waals surface area (Å²) in [6.45, 7) is 0. The summed E-state index contributed by atoms with van der Waals surface area (Å²) in [5, 5.41) is 11.3. The Labute approximate surface area is 123 Å². The van der Waals surface area contributed by atoms with Gasteiger partial charge in [-0.2, -0.15) is 0 Å². The highest BCUT2D eigenvalue weighted by Crippen LogP contribution is 2.27. The Hall–Kier alpha value is -1.02. The summed E-state index contributed by atoms with van der Waals surface area (Å²) in [6, 6.07) is 15.4. The van der Waals surface area contributed by atoms with E-state index in [1.54, 1.807) is 6.07 Å². The van der Waals surface area contributed by atoms with E-state index in [0.29, 0.717) is 16.5 Å². The molecule has 0 spiro atoms. The minimum Gasteiger partial charge on any atom is -0.388 e. The predicted molar refractivity (Wildman–Crippen MR) is 80.8 cm³/mol. The summed E-state index contributed by atoms with van der Waals surface area (Å²) < 4.78 is 0. The number of rotatable bonds is 5. The van der Waals surface area contributed by atoms with Crippen molar-refractivity contribution in [3.8, 4) is 0 Å². The van der Waals surface area contributed by atoms with Gasteiger partial charge in [-0.15, -0.1) is 0 Å². The maximum absolute atomic E-state index is 10.1. The standard InChI is InChI=1S/C16H16Cl2O/c17-14-10-4-8-13(16(14)18)9-5-11-15(19)12-6-2-1-3-7-12/h1-4,6-8,10,15,19H,5,9,11H2. The second kappa shape index (κ2) is 6.95. The predicted octanol–water partition coefficient (Wildman–Crippen LogP) is 5.05. The van der Waals surface area contributed by atoms with Crippen molar-refractivity contribution in [2.24, 2.45) is 0 Å². The molecule has 0 aliphatic heterocycles. The van der Waals surface area contributed by atoms with Gasteiger partial charge < -0.3 is 5.11 Å². The molecule has 3 heteroatoms. The molecule has 0 aromatic heterocycles. The lowest BCUT2D eigenvalue weighted by atomic mass is 10.0. The van der Waals surface area contributed by atoms with Crippen molar-refractivity contribution in [1.29, 1.82) is 0 Å². The van der Waals surface area contributed by atoms with Crippen LogP contribution in [-0.4, -0.2) is 5.11 Å². The minimum atomic E-state index is -0.417. The zero-order valence-corrected chi connectivity index (χ0v) is 12.0. The highest BCUT2D eigenvalue weighted by atomic mass is 35.5. The molecule has 0 amide bonds. The quantitative estimate of drug-likeness (QED) is 0.818. The van der Waals surface area contributed by atoms with Gasteiger partial charge in [-0.3, -0.25) is 0 Å². The number of aryl methyl sites for hydroxylation is 1. The van der Waals surface area contributed by atoms with Crippen molar-refractivity contribution in [2.75, 3.05) is 0 Å². The van der Waals surface area contributed by atoms with Crippen LogP contribution in [0.2, 0.25) is 10.0 Å². The second-order valence-electron chi connectivity index (χ2n) is 4.53. The molecular weight excluding hydrogens is 279 g/mol. The molecule has 1 nitrogen and oxygen atoms in total. The van der Waals surface area contributed by atoms with Crippen molar-refractivity contribution in [3.63, 3.8) is 0 Å². The van der Waals surface area contributed by atoms with Gasteiger partial charge in [-0.05, 0) is 36.5 Å². The van der Waals surface area contributed by atoms with Crippen LogP contribution in [0.4, 0.5) is 0 Å². The molecule has 0 aliphatic rings. The minimum absolute atomic E-state index is 0.417. The van der Waals surface area contributed by atoms with Crippen LogP contribution < -0.4 is 0 Å². The second-order valence-corrected chi connectivity index (χ2v) is 5.32. The Morgan fingerprint density at radius 1 is 0.947 bits per heavy atom. The number of aliphatic hydroxyl groups excluding tert-OH is 1. The first-order chi connectivity index (χ1) is 9.18. The number of hydrogen-bond donors (Lipinski definition) is 1. The van der Waals surface area contributed by atoms with E-state index < -0.39 is 6.10 Å². The van der Waals surface area contributed by atoms with E-state index >= 15 is 0 Å². The fourth-order valence-electron chi connectivity index (χ4n) is 2.07. The first kappa shape index (κ1) is 14.4. The zero-order chi connectivity index (χ0) is 13.7. The third kappa shape index (κ3) is 3.97. The number of aliphatic hydroxyl groups is 1. The van der Waals surface area contributed by atoms with Crippen molar-refractivity contribution in [2.45, 2.75) is 25.4 Å². The lowest BCUT2D eigenvalue weighted by Crippen LogP contribution is -1.98. The van der Waals surface area contributed by atoms with Gasteiger partial charge in [-0.1, -0.05) is 65.7 Å². The molecule has 1 N–H and O–H groups in total. The molecule has 19 heavy (non-hydrogen) atoms. The molecular formula is C16H16Cl2O. The van der Waals surface area contributed by atoms with Crippen LogP contribution >= 0.6 is 23.2 Å². The van der Waals surface area contributed by atoms with Gasteiger partial charge in [0.2, 0.25) is 0 Å². The Bertz CT molecular complexity index is 526. The fourth-order valence-corrected chi connectivity index (χ4v) is 2.48. The van der Waals surface area contributed by atoms with E-state index in [1.165, 1.54) is 0 Å². The average Bonchev–Trinajstić information content (AvgIpc) is 2.44. The van der Waals surface area contributed by atoms with Crippen LogP contribution in [0.15, 0.2) is 48.5 Å². The monoisotopic (exact) mass is 294 g/mol. The molecule has 2 rings (SSSR count). The van der Waals surface area contributed by atoms with E-state index in [1.807, 2.05) is 42.5 Å². The molecule has 100 valence electrons. The van der Waals surface area contributed by atoms with Crippen LogP contribution in [0, 0.1) is 0 Å². The number of benzene rings is 2. The highest BCUT2D eigenvalue weighted by molar-refractivity contribution is 6.42. The van der Waals surface area contributed by atoms with E-state index in [-0.39, 0.29) is 0 Å². The Morgan fingerprint density at radius 2 is 1.68 bits per heavy atom. The summed E-state index contributed by atoms with van der Waals surface area (Å²) in [7, 11) is 0. The largest absolute Gasteiger partial charge is 0.388 e. The van der Waals surface area contributed by atoms with Gasteiger partial charge in [0.15, 0.2) is 0 Å². The first-order valence-electron chi connectivity index (χ1n) is 6.34. The summed E-state index contributed by atoms with van der Waals surface area (Å²) in [6.07, 6.45) is 1.99. The molecule has 0 bridgehead atoms. The van der Waals surface area contributed by atoms with Crippen molar-refractivity contribution >= 4 is 23.2 Å². The smallest absolute Gasteiger partial charge is 0.0790 e. The lowest BCUT2D eigenvalue weighted by molar-refractivity contribution is 0.164. The normalized spacial score (nSPS) is 12.4. The maximum atomic E-state index is 10.1. The van der Waals surface area contributed by atoms with Crippen LogP contribution in [-0.2, 0) is 6.42 Å². The van der Waals surface area contributed by atoms with Gasteiger partial charge in [0.05, 0.1) is 16.1 Å². The topological polar surface area (TPSA) is 20.2 Å². The SMILES string of the molecule is OC(CCCc1cccc(Cl)c1Cl)c1ccccc1. The van der Waals surface area contributed by atoms with E-state index in [0.717, 1.165) is 24.0 Å². The molecule has 2 aromatic rings. The summed E-state index contributed by atoms with van der Waals surface area (Å²) in [5.74, 6) is 0. The summed E-state index contributed by atoms with van der Waals surface area (Å²) in [4.78, 5) is 0. The van der Waals surface area contributed by atoms with Crippen molar-refractivity contribution < 1.29 is 5.11 Å².